The predicted molar refractivity (Wildman–Crippen MR) is 104 cm³/mol. The average Bonchev–Trinajstić information content (AvgIpc) is 3.05. The highest BCUT2D eigenvalue weighted by Gasteiger charge is 2.14. The van der Waals surface area contributed by atoms with Crippen molar-refractivity contribution in [3.8, 4) is 0 Å². The van der Waals surface area contributed by atoms with Crippen LogP contribution in [0.1, 0.15) is 66.2 Å². The maximum atomic E-state index is 12.1. The summed E-state index contributed by atoms with van der Waals surface area (Å²) in [5.41, 5.74) is 2.70. The van der Waals surface area contributed by atoms with Crippen molar-refractivity contribution in [3.63, 3.8) is 0 Å². The van der Waals surface area contributed by atoms with E-state index in [1.54, 1.807) is 6.07 Å². The first-order valence-electron chi connectivity index (χ1n) is 8.69. The van der Waals surface area contributed by atoms with Gasteiger partial charge in [-0.25, -0.2) is 8.42 Å². The molecule has 0 fully saturated rings. The summed E-state index contributed by atoms with van der Waals surface area (Å²) >= 11 is 1.07. The van der Waals surface area contributed by atoms with E-state index in [4.69, 9.17) is 0 Å². The molecule has 25 heavy (non-hydrogen) atoms. The fourth-order valence-corrected chi connectivity index (χ4v) is 4.55. The van der Waals surface area contributed by atoms with Gasteiger partial charge in [-0.2, -0.15) is 0 Å². The van der Waals surface area contributed by atoms with Crippen LogP contribution in [0.15, 0.2) is 40.6 Å². The number of benzene rings is 1. The number of unbranched alkanes of at least 4 members (excludes halogenated alkanes) is 2. The van der Waals surface area contributed by atoms with Crippen LogP contribution in [0.5, 0.6) is 0 Å². The molecule has 0 unspecified atom stereocenters. The Morgan fingerprint density at radius 3 is 2.24 bits per heavy atom. The second-order valence-corrected chi connectivity index (χ2v) is 10.1. The highest BCUT2D eigenvalue weighted by molar-refractivity contribution is 7.92. The summed E-state index contributed by atoms with van der Waals surface area (Å²) in [4.78, 5) is 12.7. The van der Waals surface area contributed by atoms with Crippen LogP contribution in [0.25, 0.3) is 0 Å². The molecule has 1 heterocycles. The zero-order chi connectivity index (χ0) is 18.4. The quantitative estimate of drug-likeness (QED) is 0.442. The minimum atomic E-state index is -3.22. The number of hydrogen-bond acceptors (Lipinski definition) is 4. The van der Waals surface area contributed by atoms with Crippen molar-refractivity contribution in [3.05, 3.63) is 52.4 Å². The monoisotopic (exact) mass is 378 g/mol. The van der Waals surface area contributed by atoms with Gasteiger partial charge >= 0.3 is 0 Å². The summed E-state index contributed by atoms with van der Waals surface area (Å²) in [5, 5.41) is 0. The van der Waals surface area contributed by atoms with Crippen molar-refractivity contribution >= 4 is 27.0 Å². The molecule has 0 atom stereocenters. The third kappa shape index (κ3) is 6.08. The number of carbonyl (C=O) groups is 1. The van der Waals surface area contributed by atoms with Crippen molar-refractivity contribution in [1.82, 2.24) is 0 Å². The Bertz CT molecular complexity index is 800. The lowest BCUT2D eigenvalue weighted by atomic mass is 9.99. The Morgan fingerprint density at radius 1 is 1.00 bits per heavy atom. The molecule has 0 aliphatic carbocycles. The third-order valence-corrected chi connectivity index (χ3v) is 7.18. The lowest BCUT2D eigenvalue weighted by Crippen LogP contribution is -1.96. The summed E-state index contributed by atoms with van der Waals surface area (Å²) in [7, 11) is -3.22. The van der Waals surface area contributed by atoms with Crippen LogP contribution in [-0.4, -0.2) is 20.5 Å². The van der Waals surface area contributed by atoms with E-state index in [2.05, 4.69) is 38.1 Å². The molecule has 1 aromatic carbocycles. The number of aryl methyl sites for hydroxylation is 1. The summed E-state index contributed by atoms with van der Waals surface area (Å²) in [5.74, 6) is 0.599. The Kier molecular flexibility index (Phi) is 6.96. The zero-order valence-electron chi connectivity index (χ0n) is 15.1. The molecule has 0 spiro atoms. The molecule has 1 aromatic heterocycles. The maximum Gasteiger partial charge on any atom is 0.184 e. The molecule has 2 rings (SSSR count). The van der Waals surface area contributed by atoms with Gasteiger partial charge in [0.15, 0.2) is 15.6 Å². The van der Waals surface area contributed by atoms with Crippen LogP contribution < -0.4 is 0 Å². The number of ketones is 1. The molecule has 3 nitrogen and oxygen atoms in total. The van der Waals surface area contributed by atoms with E-state index in [0.717, 1.165) is 37.0 Å². The van der Waals surface area contributed by atoms with Gasteiger partial charge in [0.25, 0.3) is 0 Å². The fraction of sp³-hybridized carbons (Fsp3) is 0.450. The van der Waals surface area contributed by atoms with Gasteiger partial charge in [-0.3, -0.25) is 4.79 Å². The maximum absolute atomic E-state index is 12.1. The zero-order valence-corrected chi connectivity index (χ0v) is 16.8. The van der Waals surface area contributed by atoms with Gasteiger partial charge in [0, 0.05) is 12.7 Å². The summed E-state index contributed by atoms with van der Waals surface area (Å²) in [6, 6.07) is 11.9. The fourth-order valence-electron chi connectivity index (χ4n) is 2.65. The van der Waals surface area contributed by atoms with Gasteiger partial charge in [0.1, 0.15) is 4.21 Å². The molecule has 0 aliphatic heterocycles. The molecular weight excluding hydrogens is 352 g/mol. The van der Waals surface area contributed by atoms with E-state index in [0.29, 0.717) is 17.2 Å². The minimum absolute atomic E-state index is 0.0428. The van der Waals surface area contributed by atoms with Crippen molar-refractivity contribution < 1.29 is 13.2 Å². The van der Waals surface area contributed by atoms with Gasteiger partial charge in [0.2, 0.25) is 0 Å². The second-order valence-electron chi connectivity index (χ2n) is 6.77. The standard InChI is InChI=1S/C20H26O3S2/c1-15(2)17-11-9-16(10-12-17)7-5-4-6-8-18(21)19-13-14-20(24-19)25(3,22)23/h9-15H,4-8H2,1-3H3. The molecule has 5 heteroatoms. The molecule has 2 aromatic rings. The van der Waals surface area contributed by atoms with Gasteiger partial charge < -0.3 is 0 Å². The summed E-state index contributed by atoms with van der Waals surface area (Å²) < 4.78 is 23.2. The average molecular weight is 379 g/mol. The molecule has 0 N–H and O–H groups in total. The predicted octanol–water partition coefficient (Wildman–Crippen LogP) is 5.26. The Morgan fingerprint density at radius 2 is 1.68 bits per heavy atom. The number of hydrogen-bond donors (Lipinski definition) is 0. The van der Waals surface area contributed by atoms with Gasteiger partial charge in [-0.05, 0) is 48.4 Å². The lowest BCUT2D eigenvalue weighted by molar-refractivity contribution is 0.0983. The van der Waals surface area contributed by atoms with Crippen LogP contribution in [0.3, 0.4) is 0 Å². The topological polar surface area (TPSA) is 51.2 Å². The van der Waals surface area contributed by atoms with E-state index in [1.807, 2.05) is 0 Å². The smallest absolute Gasteiger partial charge is 0.184 e. The molecule has 0 amide bonds. The highest BCUT2D eigenvalue weighted by atomic mass is 32.2. The lowest BCUT2D eigenvalue weighted by Gasteiger charge is -2.07. The largest absolute Gasteiger partial charge is 0.293 e. The third-order valence-electron chi connectivity index (χ3n) is 4.24. The Labute approximate surface area is 155 Å². The van der Waals surface area contributed by atoms with Crippen LogP contribution in [0, 0.1) is 0 Å². The first-order valence-corrected chi connectivity index (χ1v) is 11.4. The van der Waals surface area contributed by atoms with Gasteiger partial charge in [-0.1, -0.05) is 44.5 Å². The minimum Gasteiger partial charge on any atom is -0.293 e. The normalized spacial score (nSPS) is 11.8. The summed E-state index contributed by atoms with van der Waals surface area (Å²) in [6.07, 6.45) is 5.59. The number of rotatable bonds is 9. The van der Waals surface area contributed by atoms with Crippen molar-refractivity contribution in [1.29, 1.82) is 0 Å². The molecular formula is C20H26O3S2. The van der Waals surface area contributed by atoms with Crippen LogP contribution in [0.2, 0.25) is 0 Å². The van der Waals surface area contributed by atoms with Crippen LogP contribution >= 0.6 is 11.3 Å². The van der Waals surface area contributed by atoms with Crippen molar-refractivity contribution in [2.24, 2.45) is 0 Å². The van der Waals surface area contributed by atoms with E-state index >= 15 is 0 Å². The molecule has 0 saturated carbocycles. The number of sulfone groups is 1. The van der Waals surface area contributed by atoms with Gasteiger partial charge in [0.05, 0.1) is 4.88 Å². The van der Waals surface area contributed by atoms with Crippen molar-refractivity contribution in [2.75, 3.05) is 6.26 Å². The molecule has 136 valence electrons. The van der Waals surface area contributed by atoms with Gasteiger partial charge in [-0.15, -0.1) is 11.3 Å². The molecule has 0 aliphatic rings. The Hall–Kier alpha value is -1.46. The van der Waals surface area contributed by atoms with Crippen LogP contribution in [0.4, 0.5) is 0 Å². The first kappa shape index (κ1) is 19.9. The van der Waals surface area contributed by atoms with Crippen LogP contribution in [-0.2, 0) is 16.3 Å². The van der Waals surface area contributed by atoms with E-state index in [-0.39, 0.29) is 9.99 Å². The van der Waals surface area contributed by atoms with E-state index < -0.39 is 9.84 Å². The number of thiophene rings is 1. The Balaban J connectivity index is 1.72. The van der Waals surface area contributed by atoms with E-state index in [1.165, 1.54) is 23.4 Å². The SMILES string of the molecule is CC(C)c1ccc(CCCCCC(=O)c2ccc(S(C)(=O)=O)s2)cc1. The molecule has 0 bridgehead atoms. The van der Waals surface area contributed by atoms with Crippen molar-refractivity contribution in [2.45, 2.75) is 56.1 Å². The molecule has 0 saturated heterocycles. The highest BCUT2D eigenvalue weighted by Crippen LogP contribution is 2.23. The second kappa shape index (κ2) is 8.77. The van der Waals surface area contributed by atoms with E-state index in [9.17, 15) is 13.2 Å². The number of Topliss-reactive ketones (excluding diaryl/α,β-unsaturated/α-hetero) is 1. The first-order chi connectivity index (χ1) is 11.8. The molecule has 0 radical (unpaired) electrons. The number of carbonyl (C=O) groups excluding carboxylic acids is 1. The summed E-state index contributed by atoms with van der Waals surface area (Å²) in [6.45, 7) is 4.39.